The van der Waals surface area contributed by atoms with E-state index in [4.69, 9.17) is 0 Å². The highest BCUT2D eigenvalue weighted by Gasteiger charge is 2.49. The molecule has 0 spiro atoms. The molecule has 9 heteroatoms. The molecule has 26 heavy (non-hydrogen) atoms. The lowest BCUT2D eigenvalue weighted by Gasteiger charge is -2.42. The molecule has 3 atom stereocenters. The molecular weight excluding hydrogens is 374 g/mol. The Morgan fingerprint density at radius 3 is 2.69 bits per heavy atom. The van der Waals surface area contributed by atoms with E-state index in [1.165, 1.54) is 22.6 Å². The first kappa shape index (κ1) is 19.3. The summed E-state index contributed by atoms with van der Waals surface area (Å²) in [6, 6.07) is 2.28. The fourth-order valence-corrected chi connectivity index (χ4v) is 6.61. The van der Waals surface area contributed by atoms with Crippen molar-refractivity contribution in [1.29, 1.82) is 0 Å². The number of thiophene rings is 1. The third-order valence-corrected chi connectivity index (χ3v) is 8.13. The van der Waals surface area contributed by atoms with E-state index in [1.54, 1.807) is 22.4 Å². The van der Waals surface area contributed by atoms with Crippen molar-refractivity contribution in [2.24, 2.45) is 5.92 Å². The second kappa shape index (κ2) is 7.28. The van der Waals surface area contributed by atoms with E-state index in [2.05, 4.69) is 5.32 Å². The molecule has 0 saturated carbocycles. The highest BCUT2D eigenvalue weighted by atomic mass is 32.2. The van der Waals surface area contributed by atoms with Crippen LogP contribution in [0.5, 0.6) is 0 Å². The van der Waals surface area contributed by atoms with Gasteiger partial charge in [-0.3, -0.25) is 9.59 Å². The third-order valence-electron chi connectivity index (χ3n) is 4.88. The minimum atomic E-state index is -3.71. The fraction of sp³-hybridized carbons (Fsp3) is 0.647. The molecule has 7 nitrogen and oxygen atoms in total. The van der Waals surface area contributed by atoms with Crippen molar-refractivity contribution in [3.63, 3.8) is 0 Å². The second-order valence-corrected chi connectivity index (χ2v) is 10.5. The van der Waals surface area contributed by atoms with Gasteiger partial charge in [-0.2, -0.15) is 4.31 Å². The monoisotopic (exact) mass is 399 g/mol. The summed E-state index contributed by atoms with van der Waals surface area (Å²) in [5.41, 5.74) is 0. The van der Waals surface area contributed by atoms with Crippen LogP contribution in [-0.4, -0.2) is 60.7 Å². The maximum absolute atomic E-state index is 13.1. The van der Waals surface area contributed by atoms with E-state index in [0.29, 0.717) is 19.4 Å². The molecule has 3 heterocycles. The van der Waals surface area contributed by atoms with Crippen molar-refractivity contribution >= 4 is 33.2 Å². The number of fused-ring (bicyclic) bond motifs is 1. The maximum atomic E-state index is 13.1. The Morgan fingerprint density at radius 1 is 1.38 bits per heavy atom. The van der Waals surface area contributed by atoms with E-state index < -0.39 is 16.1 Å². The van der Waals surface area contributed by atoms with Gasteiger partial charge in [-0.25, -0.2) is 8.42 Å². The number of sulfonamides is 1. The van der Waals surface area contributed by atoms with Gasteiger partial charge >= 0.3 is 0 Å². The molecule has 144 valence electrons. The number of hydrogen-bond acceptors (Lipinski definition) is 5. The molecule has 0 aliphatic carbocycles. The SMILES string of the molecule is CC(=O)NC1CC2CN(S(=O)(=O)c3cccs3)C(CC(C)C)C(=O)N2C1. The molecule has 0 bridgehead atoms. The number of piperazine rings is 1. The Labute approximate surface area is 158 Å². The summed E-state index contributed by atoms with van der Waals surface area (Å²) in [6.07, 6.45) is 1.06. The van der Waals surface area contributed by atoms with Crippen LogP contribution >= 0.6 is 11.3 Å². The first-order valence-corrected chi connectivity index (χ1v) is 11.1. The van der Waals surface area contributed by atoms with Crippen LogP contribution in [0, 0.1) is 5.92 Å². The van der Waals surface area contributed by atoms with Crippen molar-refractivity contribution in [1.82, 2.24) is 14.5 Å². The van der Waals surface area contributed by atoms with Gasteiger partial charge in [-0.05, 0) is 30.2 Å². The summed E-state index contributed by atoms with van der Waals surface area (Å²) in [4.78, 5) is 26.2. The first-order valence-electron chi connectivity index (χ1n) is 8.83. The lowest BCUT2D eigenvalue weighted by Crippen LogP contribution is -2.61. The summed E-state index contributed by atoms with van der Waals surface area (Å²) in [5, 5.41) is 4.58. The summed E-state index contributed by atoms with van der Waals surface area (Å²) in [7, 11) is -3.71. The van der Waals surface area contributed by atoms with E-state index in [0.717, 1.165) is 0 Å². The van der Waals surface area contributed by atoms with E-state index in [9.17, 15) is 18.0 Å². The molecule has 1 aromatic rings. The number of rotatable bonds is 5. The van der Waals surface area contributed by atoms with Gasteiger partial charge in [0.05, 0.1) is 0 Å². The molecule has 2 amide bonds. The zero-order valence-electron chi connectivity index (χ0n) is 15.2. The van der Waals surface area contributed by atoms with Crippen molar-refractivity contribution in [2.75, 3.05) is 13.1 Å². The predicted molar refractivity (Wildman–Crippen MR) is 99.2 cm³/mol. The van der Waals surface area contributed by atoms with Gasteiger partial charge in [-0.15, -0.1) is 11.3 Å². The standard InChI is InChI=1S/C17H25N3O4S2/c1-11(2)7-15-17(22)19-9-13(18-12(3)21)8-14(19)10-20(15)26(23,24)16-5-4-6-25-16/h4-6,11,13-15H,7-10H2,1-3H3,(H,18,21). The van der Waals surface area contributed by atoms with Crippen LogP contribution in [-0.2, 0) is 19.6 Å². The van der Waals surface area contributed by atoms with E-state index in [-0.39, 0.29) is 40.6 Å². The van der Waals surface area contributed by atoms with Gasteiger partial charge in [0, 0.05) is 32.1 Å². The Balaban J connectivity index is 1.91. The molecule has 1 N–H and O–H groups in total. The van der Waals surface area contributed by atoms with Crippen LogP contribution in [0.25, 0.3) is 0 Å². The maximum Gasteiger partial charge on any atom is 0.253 e. The summed E-state index contributed by atoms with van der Waals surface area (Å²) < 4.78 is 27.9. The Morgan fingerprint density at radius 2 is 2.12 bits per heavy atom. The molecule has 2 saturated heterocycles. The summed E-state index contributed by atoms with van der Waals surface area (Å²) >= 11 is 1.17. The minimum Gasteiger partial charge on any atom is -0.352 e. The van der Waals surface area contributed by atoms with E-state index in [1.807, 2.05) is 13.8 Å². The number of nitrogens with zero attached hydrogens (tertiary/aromatic N) is 2. The van der Waals surface area contributed by atoms with Gasteiger partial charge in [0.1, 0.15) is 10.3 Å². The van der Waals surface area contributed by atoms with Crippen LogP contribution in [0.15, 0.2) is 21.7 Å². The zero-order chi connectivity index (χ0) is 19.1. The molecule has 2 aliphatic rings. The highest BCUT2D eigenvalue weighted by molar-refractivity contribution is 7.91. The molecule has 3 unspecified atom stereocenters. The quantitative estimate of drug-likeness (QED) is 0.808. The fourth-order valence-electron chi connectivity index (χ4n) is 3.86. The molecule has 2 aliphatic heterocycles. The van der Waals surface area contributed by atoms with Gasteiger partial charge in [0.15, 0.2) is 0 Å². The van der Waals surface area contributed by atoms with Gasteiger partial charge in [0.2, 0.25) is 11.8 Å². The topological polar surface area (TPSA) is 86.8 Å². The number of amides is 2. The average molecular weight is 400 g/mol. The van der Waals surface area contributed by atoms with Crippen LogP contribution in [0.1, 0.15) is 33.6 Å². The van der Waals surface area contributed by atoms with Crippen LogP contribution in [0.3, 0.4) is 0 Å². The zero-order valence-corrected chi connectivity index (χ0v) is 16.8. The molecule has 0 aromatic carbocycles. The van der Waals surface area contributed by atoms with Gasteiger partial charge in [-0.1, -0.05) is 19.9 Å². The number of hydrogen-bond donors (Lipinski definition) is 1. The average Bonchev–Trinajstić information content (AvgIpc) is 3.18. The predicted octanol–water partition coefficient (Wildman–Crippen LogP) is 1.27. The van der Waals surface area contributed by atoms with Crippen LogP contribution in [0.2, 0.25) is 0 Å². The highest BCUT2D eigenvalue weighted by Crippen LogP contribution is 2.33. The Bertz CT molecular complexity index is 776. The molecule has 1 aromatic heterocycles. The molecule has 0 radical (unpaired) electrons. The van der Waals surface area contributed by atoms with Crippen molar-refractivity contribution in [3.8, 4) is 0 Å². The molecule has 2 fully saturated rings. The second-order valence-electron chi connectivity index (χ2n) is 7.43. The van der Waals surface area contributed by atoms with Gasteiger partial charge < -0.3 is 10.2 Å². The number of nitrogens with one attached hydrogen (secondary N) is 1. The molecular formula is C17H25N3O4S2. The number of carbonyl (C=O) groups excluding carboxylic acids is 2. The first-order chi connectivity index (χ1) is 12.2. The smallest absolute Gasteiger partial charge is 0.253 e. The van der Waals surface area contributed by atoms with Crippen LogP contribution < -0.4 is 5.32 Å². The minimum absolute atomic E-state index is 0.120. The van der Waals surface area contributed by atoms with Crippen LogP contribution in [0.4, 0.5) is 0 Å². The van der Waals surface area contributed by atoms with E-state index >= 15 is 0 Å². The lowest BCUT2D eigenvalue weighted by molar-refractivity contribution is -0.141. The normalized spacial score (nSPS) is 27.0. The van der Waals surface area contributed by atoms with Crippen molar-refractivity contribution in [2.45, 2.75) is 55.9 Å². The van der Waals surface area contributed by atoms with Gasteiger partial charge in [0.25, 0.3) is 10.0 Å². The third kappa shape index (κ3) is 3.65. The Kier molecular flexibility index (Phi) is 5.41. The largest absolute Gasteiger partial charge is 0.352 e. The summed E-state index contributed by atoms with van der Waals surface area (Å²) in [5.74, 6) is -0.0951. The lowest BCUT2D eigenvalue weighted by atomic mass is 9.99. The Hall–Kier alpha value is -1.45. The van der Waals surface area contributed by atoms with Crippen molar-refractivity contribution in [3.05, 3.63) is 17.5 Å². The van der Waals surface area contributed by atoms with Crippen molar-refractivity contribution < 1.29 is 18.0 Å². The summed E-state index contributed by atoms with van der Waals surface area (Å²) in [6.45, 7) is 6.15. The number of carbonyl (C=O) groups is 2. The molecule has 3 rings (SSSR count).